The summed E-state index contributed by atoms with van der Waals surface area (Å²) >= 11 is 0. The molecule has 1 saturated heterocycles. The van der Waals surface area contributed by atoms with Crippen molar-refractivity contribution in [1.82, 2.24) is 10.2 Å². The largest absolute Gasteiger partial charge is 0.447 e. The van der Waals surface area contributed by atoms with Crippen molar-refractivity contribution in [2.75, 3.05) is 13.2 Å². The molecule has 0 radical (unpaired) electrons. The Labute approximate surface area is 200 Å². The topological polar surface area (TPSA) is 78.9 Å². The van der Waals surface area contributed by atoms with Crippen LogP contribution in [0.5, 0.6) is 0 Å². The fourth-order valence-electron chi connectivity index (χ4n) is 4.30. The van der Waals surface area contributed by atoms with Gasteiger partial charge in [-0.1, -0.05) is 91.0 Å². The van der Waals surface area contributed by atoms with Gasteiger partial charge in [0.15, 0.2) is 0 Å². The van der Waals surface area contributed by atoms with Crippen LogP contribution < -0.4 is 5.32 Å². The third-order valence-corrected chi connectivity index (χ3v) is 6.12. The fraction of sp³-hybridized carbons (Fsp3) is 0.286. The number of hydrogen-bond donors (Lipinski definition) is 2. The van der Waals surface area contributed by atoms with E-state index in [4.69, 9.17) is 4.74 Å². The molecule has 1 fully saturated rings. The van der Waals surface area contributed by atoms with Crippen molar-refractivity contribution < 1.29 is 19.4 Å². The smallest absolute Gasteiger partial charge is 0.416 e. The number of ether oxygens (including phenoxy) is 1. The van der Waals surface area contributed by atoms with E-state index in [0.29, 0.717) is 19.4 Å². The molecule has 0 unspecified atom stereocenters. The Morgan fingerprint density at radius 1 is 0.912 bits per heavy atom. The van der Waals surface area contributed by atoms with Crippen molar-refractivity contribution >= 4 is 12.0 Å². The molecule has 6 heteroatoms. The highest BCUT2D eigenvalue weighted by Crippen LogP contribution is 2.23. The van der Waals surface area contributed by atoms with E-state index in [1.54, 1.807) is 0 Å². The van der Waals surface area contributed by atoms with Crippen LogP contribution >= 0.6 is 0 Å². The average Bonchev–Trinajstić information content (AvgIpc) is 3.23. The third kappa shape index (κ3) is 6.10. The Bertz CT molecular complexity index is 1060. The van der Waals surface area contributed by atoms with E-state index in [2.05, 4.69) is 5.32 Å². The van der Waals surface area contributed by atoms with Crippen molar-refractivity contribution in [2.45, 2.75) is 31.5 Å². The minimum Gasteiger partial charge on any atom is -0.447 e. The first-order chi connectivity index (χ1) is 16.6. The van der Waals surface area contributed by atoms with E-state index in [9.17, 15) is 14.7 Å². The van der Waals surface area contributed by atoms with Crippen molar-refractivity contribution in [3.8, 4) is 0 Å². The molecule has 3 aromatic carbocycles. The maximum atomic E-state index is 13.7. The first kappa shape index (κ1) is 23.7. The summed E-state index contributed by atoms with van der Waals surface area (Å²) in [6, 6.07) is 28.8. The van der Waals surface area contributed by atoms with E-state index in [0.717, 1.165) is 16.7 Å². The zero-order valence-electron chi connectivity index (χ0n) is 19.0. The number of amides is 2. The van der Waals surface area contributed by atoms with Crippen LogP contribution in [0.4, 0.5) is 4.79 Å². The van der Waals surface area contributed by atoms with E-state index in [-0.39, 0.29) is 13.2 Å². The molecule has 3 aromatic rings. The van der Waals surface area contributed by atoms with Gasteiger partial charge in [0.25, 0.3) is 0 Å². The summed E-state index contributed by atoms with van der Waals surface area (Å²) in [5, 5.41) is 14.3. The molecule has 0 saturated carbocycles. The van der Waals surface area contributed by atoms with Gasteiger partial charge in [0.05, 0.1) is 18.1 Å². The second kappa shape index (κ2) is 11.6. The van der Waals surface area contributed by atoms with Crippen LogP contribution in [0.1, 0.15) is 16.7 Å². The summed E-state index contributed by atoms with van der Waals surface area (Å²) in [6.45, 7) is 0.955. The molecule has 34 heavy (non-hydrogen) atoms. The number of hydrogen-bond acceptors (Lipinski definition) is 5. The number of aliphatic hydroxyl groups is 1. The monoisotopic (exact) mass is 458 g/mol. The van der Waals surface area contributed by atoms with E-state index < -0.39 is 30.1 Å². The van der Waals surface area contributed by atoms with Gasteiger partial charge in [-0.3, -0.25) is 4.79 Å². The van der Waals surface area contributed by atoms with Crippen LogP contribution in [-0.4, -0.2) is 47.3 Å². The zero-order chi connectivity index (χ0) is 23.8. The maximum absolute atomic E-state index is 13.7. The predicted octanol–water partition coefficient (Wildman–Crippen LogP) is 3.59. The Morgan fingerprint density at radius 2 is 1.47 bits per heavy atom. The maximum Gasteiger partial charge on any atom is 0.416 e. The van der Waals surface area contributed by atoms with Crippen molar-refractivity contribution in [3.63, 3.8) is 0 Å². The first-order valence-corrected chi connectivity index (χ1v) is 11.6. The Kier molecular flexibility index (Phi) is 8.07. The molecule has 0 aromatic heterocycles. The van der Waals surface area contributed by atoms with Gasteiger partial charge in [-0.25, -0.2) is 9.69 Å². The predicted molar refractivity (Wildman–Crippen MR) is 130 cm³/mol. The van der Waals surface area contributed by atoms with Gasteiger partial charge in [0.2, 0.25) is 5.91 Å². The lowest BCUT2D eigenvalue weighted by molar-refractivity contribution is -0.137. The fourth-order valence-corrected chi connectivity index (χ4v) is 4.30. The molecule has 0 aliphatic carbocycles. The summed E-state index contributed by atoms with van der Waals surface area (Å²) in [4.78, 5) is 27.5. The van der Waals surface area contributed by atoms with Gasteiger partial charge >= 0.3 is 6.09 Å². The number of aliphatic hydroxyl groups excluding tert-OH is 1. The van der Waals surface area contributed by atoms with Gasteiger partial charge in [-0.15, -0.1) is 0 Å². The van der Waals surface area contributed by atoms with E-state index >= 15 is 0 Å². The molecule has 1 heterocycles. The van der Waals surface area contributed by atoms with Gasteiger partial charge in [-0.05, 0) is 29.5 Å². The molecule has 1 aliphatic heterocycles. The van der Waals surface area contributed by atoms with Crippen LogP contribution in [0.15, 0.2) is 91.0 Å². The number of rotatable bonds is 10. The normalized spacial score (nSPS) is 17.3. The SMILES string of the molecule is O=C1OC[C@@H](Cc2ccccc2)N1C(=O)[C@@H](Cc1ccccc1)[C@@H](O)CNCc1ccccc1. The number of nitrogens with one attached hydrogen (secondary N) is 1. The third-order valence-electron chi connectivity index (χ3n) is 6.12. The molecule has 6 nitrogen and oxygen atoms in total. The molecule has 0 spiro atoms. The molecule has 0 bridgehead atoms. The molecule has 2 N–H and O–H groups in total. The lowest BCUT2D eigenvalue weighted by atomic mass is 9.91. The highest BCUT2D eigenvalue weighted by Gasteiger charge is 2.42. The molecule has 4 rings (SSSR count). The number of carbonyl (C=O) groups excluding carboxylic acids is 2. The lowest BCUT2D eigenvalue weighted by Gasteiger charge is -2.28. The molecule has 176 valence electrons. The van der Waals surface area contributed by atoms with Crippen LogP contribution in [0.3, 0.4) is 0 Å². The molecule has 3 atom stereocenters. The summed E-state index contributed by atoms with van der Waals surface area (Å²) in [5.74, 6) is -1.18. The Balaban J connectivity index is 1.49. The minimum absolute atomic E-state index is 0.153. The molecular formula is C28H30N2O4. The number of cyclic esters (lactones) is 1. The molecule has 2 amide bonds. The summed E-state index contributed by atoms with van der Waals surface area (Å²) in [6.07, 6.45) is -0.773. The standard InChI is InChI=1S/C28H30N2O4/c31-26(19-29-18-23-14-8-3-9-15-23)25(17-22-12-6-2-7-13-22)27(32)30-24(20-34-28(30)33)16-21-10-4-1-5-11-21/h1-15,24-26,29,31H,16-20H2/t24-,25+,26+/m1/s1. The summed E-state index contributed by atoms with van der Waals surface area (Å²) in [5.41, 5.74) is 3.04. The first-order valence-electron chi connectivity index (χ1n) is 11.6. The quantitative estimate of drug-likeness (QED) is 0.486. The number of benzene rings is 3. The molecular weight excluding hydrogens is 428 g/mol. The van der Waals surface area contributed by atoms with E-state index in [1.165, 1.54) is 4.90 Å². The molecule has 1 aliphatic rings. The Morgan fingerprint density at radius 3 is 2.09 bits per heavy atom. The van der Waals surface area contributed by atoms with Crippen LogP contribution in [0.2, 0.25) is 0 Å². The second-order valence-corrected chi connectivity index (χ2v) is 8.61. The van der Waals surface area contributed by atoms with Crippen LogP contribution in [0, 0.1) is 5.92 Å². The number of carbonyl (C=O) groups is 2. The van der Waals surface area contributed by atoms with Gasteiger partial charge in [0, 0.05) is 13.1 Å². The Hall–Kier alpha value is -3.48. The minimum atomic E-state index is -0.970. The number of imide groups is 1. The lowest BCUT2D eigenvalue weighted by Crippen LogP contribution is -2.49. The van der Waals surface area contributed by atoms with Crippen molar-refractivity contribution in [3.05, 3.63) is 108 Å². The van der Waals surface area contributed by atoms with Gasteiger partial charge in [0.1, 0.15) is 6.61 Å². The summed E-state index contributed by atoms with van der Waals surface area (Å²) in [7, 11) is 0. The highest BCUT2D eigenvalue weighted by atomic mass is 16.6. The average molecular weight is 459 g/mol. The van der Waals surface area contributed by atoms with Gasteiger partial charge < -0.3 is 15.2 Å². The number of nitrogens with zero attached hydrogens (tertiary/aromatic N) is 1. The second-order valence-electron chi connectivity index (χ2n) is 8.61. The van der Waals surface area contributed by atoms with Crippen LogP contribution in [0.25, 0.3) is 0 Å². The van der Waals surface area contributed by atoms with E-state index in [1.807, 2.05) is 91.0 Å². The van der Waals surface area contributed by atoms with Crippen LogP contribution in [-0.2, 0) is 28.9 Å². The highest BCUT2D eigenvalue weighted by molar-refractivity contribution is 5.95. The summed E-state index contributed by atoms with van der Waals surface area (Å²) < 4.78 is 5.26. The van der Waals surface area contributed by atoms with Crippen molar-refractivity contribution in [1.29, 1.82) is 0 Å². The van der Waals surface area contributed by atoms with Crippen molar-refractivity contribution in [2.24, 2.45) is 5.92 Å². The zero-order valence-corrected chi connectivity index (χ0v) is 19.0. The van der Waals surface area contributed by atoms with Gasteiger partial charge in [-0.2, -0.15) is 0 Å².